The molecule has 1 atom stereocenters. The van der Waals surface area contributed by atoms with Gasteiger partial charge in [0.2, 0.25) is 0 Å². The summed E-state index contributed by atoms with van der Waals surface area (Å²) in [5.41, 5.74) is 0.503. The first-order valence-electron chi connectivity index (χ1n) is 5.88. The fraction of sp³-hybridized carbons (Fsp3) is 0.385. The lowest BCUT2D eigenvalue weighted by Crippen LogP contribution is -2.19. The standard InChI is InChI=1S/C13H14BrClFNO/c1-3-10(17-4-2)11-5-7-12(16)9(15)6-8(14)13(7)18-11/h5-6,10,17H,3-4H2,1-2H3. The van der Waals surface area contributed by atoms with Crippen molar-refractivity contribution >= 4 is 38.5 Å². The van der Waals surface area contributed by atoms with Gasteiger partial charge in [0.25, 0.3) is 0 Å². The molecule has 1 heterocycles. The van der Waals surface area contributed by atoms with Gasteiger partial charge in [0.1, 0.15) is 5.76 Å². The molecule has 2 rings (SSSR count). The third kappa shape index (κ3) is 2.42. The van der Waals surface area contributed by atoms with Crippen LogP contribution in [0.25, 0.3) is 11.0 Å². The van der Waals surface area contributed by atoms with Crippen molar-refractivity contribution in [3.05, 3.63) is 33.2 Å². The summed E-state index contributed by atoms with van der Waals surface area (Å²) in [7, 11) is 0. The van der Waals surface area contributed by atoms with E-state index in [2.05, 4.69) is 28.2 Å². The summed E-state index contributed by atoms with van der Waals surface area (Å²) in [5.74, 6) is 0.299. The number of nitrogens with one attached hydrogen (secondary N) is 1. The van der Waals surface area contributed by atoms with E-state index in [4.69, 9.17) is 16.0 Å². The molecule has 1 aromatic carbocycles. The third-order valence-electron chi connectivity index (χ3n) is 2.87. The number of hydrogen-bond acceptors (Lipinski definition) is 2. The monoisotopic (exact) mass is 333 g/mol. The Labute approximate surface area is 119 Å². The number of fused-ring (bicyclic) bond motifs is 1. The molecule has 0 saturated carbocycles. The Morgan fingerprint density at radius 3 is 2.78 bits per heavy atom. The molecule has 1 aromatic heterocycles. The van der Waals surface area contributed by atoms with Gasteiger partial charge in [-0.05, 0) is 41.0 Å². The van der Waals surface area contributed by atoms with Crippen LogP contribution in [-0.2, 0) is 0 Å². The maximum atomic E-state index is 13.9. The molecule has 0 aliphatic heterocycles. The van der Waals surface area contributed by atoms with E-state index in [1.165, 1.54) is 6.07 Å². The molecule has 0 spiro atoms. The van der Waals surface area contributed by atoms with E-state index in [1.54, 1.807) is 6.07 Å². The lowest BCUT2D eigenvalue weighted by atomic mass is 10.1. The van der Waals surface area contributed by atoms with E-state index in [0.29, 0.717) is 15.4 Å². The van der Waals surface area contributed by atoms with Gasteiger partial charge in [-0.15, -0.1) is 0 Å². The summed E-state index contributed by atoms with van der Waals surface area (Å²) in [6.45, 7) is 4.91. The molecule has 2 nitrogen and oxygen atoms in total. The number of benzene rings is 1. The van der Waals surface area contributed by atoms with Gasteiger partial charge in [-0.25, -0.2) is 4.39 Å². The Morgan fingerprint density at radius 2 is 2.17 bits per heavy atom. The van der Waals surface area contributed by atoms with Crippen LogP contribution in [0.2, 0.25) is 5.02 Å². The zero-order valence-corrected chi connectivity index (χ0v) is 12.5. The van der Waals surface area contributed by atoms with Crippen LogP contribution in [0.15, 0.2) is 21.0 Å². The predicted octanol–water partition coefficient (Wildman–Crippen LogP) is 5.05. The number of halogens is 3. The van der Waals surface area contributed by atoms with Crippen LogP contribution in [0, 0.1) is 5.82 Å². The molecule has 98 valence electrons. The summed E-state index contributed by atoms with van der Waals surface area (Å²) in [4.78, 5) is 0. The van der Waals surface area contributed by atoms with Gasteiger partial charge >= 0.3 is 0 Å². The number of hydrogen-bond donors (Lipinski definition) is 1. The molecule has 18 heavy (non-hydrogen) atoms. The molecule has 0 aliphatic carbocycles. The van der Waals surface area contributed by atoms with Crippen LogP contribution in [-0.4, -0.2) is 6.54 Å². The Morgan fingerprint density at radius 1 is 1.44 bits per heavy atom. The summed E-state index contributed by atoms with van der Waals surface area (Å²) in [6, 6.07) is 3.33. The molecule has 0 bridgehead atoms. The smallest absolute Gasteiger partial charge is 0.152 e. The molecule has 1 unspecified atom stereocenters. The van der Waals surface area contributed by atoms with Crippen LogP contribution in [0.4, 0.5) is 4.39 Å². The van der Waals surface area contributed by atoms with E-state index >= 15 is 0 Å². The van der Waals surface area contributed by atoms with Crippen molar-refractivity contribution in [1.29, 1.82) is 0 Å². The van der Waals surface area contributed by atoms with E-state index in [-0.39, 0.29) is 11.1 Å². The van der Waals surface area contributed by atoms with Crippen LogP contribution >= 0.6 is 27.5 Å². The Bertz CT molecular complexity index is 570. The molecular weight excluding hydrogens is 321 g/mol. The minimum atomic E-state index is -0.434. The number of rotatable bonds is 4. The van der Waals surface area contributed by atoms with E-state index in [9.17, 15) is 4.39 Å². The fourth-order valence-corrected chi connectivity index (χ4v) is 2.85. The van der Waals surface area contributed by atoms with Gasteiger partial charge < -0.3 is 9.73 Å². The third-order valence-corrected chi connectivity index (χ3v) is 3.73. The maximum absolute atomic E-state index is 13.9. The Kier molecular flexibility index (Phi) is 4.30. The summed E-state index contributed by atoms with van der Waals surface area (Å²) >= 11 is 9.15. The van der Waals surface area contributed by atoms with Crippen molar-refractivity contribution < 1.29 is 8.81 Å². The first kappa shape index (κ1) is 13.8. The van der Waals surface area contributed by atoms with Gasteiger partial charge in [-0.2, -0.15) is 0 Å². The van der Waals surface area contributed by atoms with E-state index in [1.807, 2.05) is 6.92 Å². The van der Waals surface area contributed by atoms with Gasteiger partial charge in [0, 0.05) is 0 Å². The summed E-state index contributed by atoms with van der Waals surface area (Å²) < 4.78 is 20.3. The minimum Gasteiger partial charge on any atom is -0.458 e. The normalized spacial score (nSPS) is 13.2. The van der Waals surface area contributed by atoms with Crippen molar-refractivity contribution in [3.8, 4) is 0 Å². The molecule has 0 saturated heterocycles. The van der Waals surface area contributed by atoms with Crippen molar-refractivity contribution in [2.75, 3.05) is 6.54 Å². The number of furan rings is 1. The van der Waals surface area contributed by atoms with E-state index in [0.717, 1.165) is 18.7 Å². The Hall–Kier alpha value is -0.580. The molecule has 2 aromatic rings. The highest BCUT2D eigenvalue weighted by Crippen LogP contribution is 2.35. The first-order chi connectivity index (χ1) is 8.58. The maximum Gasteiger partial charge on any atom is 0.152 e. The van der Waals surface area contributed by atoms with Crippen LogP contribution < -0.4 is 5.32 Å². The minimum absolute atomic E-state index is 0.0903. The van der Waals surface area contributed by atoms with Gasteiger partial charge in [-0.1, -0.05) is 25.4 Å². The molecule has 5 heteroatoms. The van der Waals surface area contributed by atoms with Crippen molar-refractivity contribution in [1.82, 2.24) is 5.32 Å². The molecule has 0 radical (unpaired) electrons. The molecule has 1 N–H and O–H groups in total. The topological polar surface area (TPSA) is 25.2 Å². The first-order valence-corrected chi connectivity index (χ1v) is 7.05. The second-order valence-electron chi connectivity index (χ2n) is 4.06. The summed E-state index contributed by atoms with van der Waals surface area (Å²) in [6.07, 6.45) is 0.876. The zero-order valence-electron chi connectivity index (χ0n) is 10.2. The lowest BCUT2D eigenvalue weighted by molar-refractivity contribution is 0.428. The SMILES string of the molecule is CCNC(CC)c1cc2c(F)c(Cl)cc(Br)c2o1. The van der Waals surface area contributed by atoms with Crippen molar-refractivity contribution in [3.63, 3.8) is 0 Å². The highest BCUT2D eigenvalue weighted by molar-refractivity contribution is 9.10. The second-order valence-corrected chi connectivity index (χ2v) is 5.33. The zero-order chi connectivity index (χ0) is 13.3. The molecule has 0 amide bonds. The average Bonchev–Trinajstić information content (AvgIpc) is 2.78. The van der Waals surface area contributed by atoms with Gasteiger partial charge in [0.05, 0.1) is 20.9 Å². The van der Waals surface area contributed by atoms with Gasteiger partial charge in [0.15, 0.2) is 11.4 Å². The fourth-order valence-electron chi connectivity index (χ4n) is 1.98. The highest BCUT2D eigenvalue weighted by atomic mass is 79.9. The predicted molar refractivity (Wildman–Crippen MR) is 75.6 cm³/mol. The second kappa shape index (κ2) is 5.59. The van der Waals surface area contributed by atoms with Crippen LogP contribution in [0.3, 0.4) is 0 Å². The quantitative estimate of drug-likeness (QED) is 0.792. The van der Waals surface area contributed by atoms with Crippen molar-refractivity contribution in [2.45, 2.75) is 26.3 Å². The Balaban J connectivity index is 2.56. The largest absolute Gasteiger partial charge is 0.458 e. The van der Waals surface area contributed by atoms with Crippen molar-refractivity contribution in [2.24, 2.45) is 0 Å². The van der Waals surface area contributed by atoms with Gasteiger partial charge in [-0.3, -0.25) is 0 Å². The van der Waals surface area contributed by atoms with E-state index < -0.39 is 5.82 Å². The average molecular weight is 335 g/mol. The molecule has 0 fully saturated rings. The molecular formula is C13H14BrClFNO. The van der Waals surface area contributed by atoms with Crippen LogP contribution in [0.5, 0.6) is 0 Å². The lowest BCUT2D eigenvalue weighted by Gasteiger charge is -2.11. The molecule has 0 aliphatic rings. The highest BCUT2D eigenvalue weighted by Gasteiger charge is 2.18. The van der Waals surface area contributed by atoms with Crippen LogP contribution in [0.1, 0.15) is 32.1 Å². The summed E-state index contributed by atoms with van der Waals surface area (Å²) in [5, 5.41) is 3.81.